The summed E-state index contributed by atoms with van der Waals surface area (Å²) in [5.41, 5.74) is 1.15. The summed E-state index contributed by atoms with van der Waals surface area (Å²) in [6.07, 6.45) is 2.79. The quantitative estimate of drug-likeness (QED) is 0.842. The van der Waals surface area contributed by atoms with Crippen LogP contribution in [0.4, 0.5) is 10.5 Å². The van der Waals surface area contributed by atoms with Crippen molar-refractivity contribution in [2.45, 2.75) is 26.8 Å². The van der Waals surface area contributed by atoms with Crippen LogP contribution in [0.2, 0.25) is 0 Å². The number of anilines is 1. The monoisotopic (exact) mass is 353 g/mol. The van der Waals surface area contributed by atoms with Gasteiger partial charge in [0.2, 0.25) is 0 Å². The lowest BCUT2D eigenvalue weighted by Gasteiger charge is -2.60. The molecule has 2 atom stereocenters. The third-order valence-corrected chi connectivity index (χ3v) is 5.55. The van der Waals surface area contributed by atoms with E-state index >= 15 is 0 Å². The first-order chi connectivity index (χ1) is 9.74. The highest BCUT2D eigenvalue weighted by atomic mass is 79.9. The summed E-state index contributed by atoms with van der Waals surface area (Å²) in [4.78, 5) is 19.4. The Labute approximate surface area is 133 Å². The number of fused-ring (bicyclic) bond motifs is 1. The molecule has 21 heavy (non-hydrogen) atoms. The number of rotatable bonds is 1. The molecular formula is C15H20BrN3O2. The van der Waals surface area contributed by atoms with Crippen LogP contribution in [0.1, 0.15) is 20.8 Å². The molecule has 114 valence electrons. The highest BCUT2D eigenvalue weighted by Gasteiger charge is 2.64. The lowest BCUT2D eigenvalue weighted by molar-refractivity contribution is 0.0309. The fourth-order valence-electron chi connectivity index (χ4n) is 3.70. The van der Waals surface area contributed by atoms with E-state index in [-0.39, 0.29) is 16.9 Å². The summed E-state index contributed by atoms with van der Waals surface area (Å²) in [6, 6.07) is 2.27. The van der Waals surface area contributed by atoms with E-state index in [1.165, 1.54) is 0 Å². The number of likely N-dealkylation sites (tertiary alicyclic amines) is 1. The Bertz CT molecular complexity index is 587. The normalized spacial score (nSPS) is 28.3. The standard InChI is InChI=1S/C15H20BrN3O2/c1-14(2,3)15-8-18(13(20)21)7-12(15)19(9-15)11-4-10(16)5-17-6-11/h4-6,12H,7-9H2,1-3H3,(H,20,21)/t12-,15+/m0/s1. The maximum absolute atomic E-state index is 11.4. The van der Waals surface area contributed by atoms with E-state index in [9.17, 15) is 9.90 Å². The van der Waals surface area contributed by atoms with Crippen molar-refractivity contribution in [1.29, 1.82) is 0 Å². The Morgan fingerprint density at radius 2 is 2.14 bits per heavy atom. The number of hydrogen-bond donors (Lipinski definition) is 1. The molecule has 0 bridgehead atoms. The molecule has 1 aromatic rings. The van der Waals surface area contributed by atoms with E-state index < -0.39 is 6.09 Å². The molecule has 0 saturated carbocycles. The number of nitrogens with zero attached hydrogens (tertiary/aromatic N) is 3. The summed E-state index contributed by atoms with van der Waals surface area (Å²) in [7, 11) is 0. The average molecular weight is 354 g/mol. The predicted octanol–water partition coefficient (Wildman–Crippen LogP) is 3.06. The van der Waals surface area contributed by atoms with Gasteiger partial charge in [-0.2, -0.15) is 0 Å². The highest BCUT2D eigenvalue weighted by molar-refractivity contribution is 9.10. The van der Waals surface area contributed by atoms with E-state index in [4.69, 9.17) is 0 Å². The van der Waals surface area contributed by atoms with Gasteiger partial charge in [-0.05, 0) is 27.4 Å². The second-order valence-corrected chi connectivity index (χ2v) is 7.99. The van der Waals surface area contributed by atoms with Gasteiger partial charge < -0.3 is 14.9 Å². The number of amides is 1. The van der Waals surface area contributed by atoms with Crippen molar-refractivity contribution in [2.75, 3.05) is 24.5 Å². The van der Waals surface area contributed by atoms with Gasteiger partial charge in [-0.1, -0.05) is 20.8 Å². The second-order valence-electron chi connectivity index (χ2n) is 7.07. The van der Waals surface area contributed by atoms with E-state index in [1.807, 2.05) is 12.3 Å². The topological polar surface area (TPSA) is 56.7 Å². The molecule has 5 nitrogen and oxygen atoms in total. The molecule has 3 rings (SSSR count). The van der Waals surface area contributed by atoms with Gasteiger partial charge in [-0.15, -0.1) is 0 Å². The minimum absolute atomic E-state index is 0.0215. The van der Waals surface area contributed by atoms with Crippen molar-refractivity contribution in [2.24, 2.45) is 10.8 Å². The zero-order valence-corrected chi connectivity index (χ0v) is 14.1. The molecule has 3 heterocycles. The molecule has 1 amide bonds. The summed E-state index contributed by atoms with van der Waals surface area (Å²) in [5.74, 6) is 0. The van der Waals surface area contributed by atoms with Gasteiger partial charge in [-0.3, -0.25) is 4.98 Å². The van der Waals surface area contributed by atoms with Gasteiger partial charge in [0.1, 0.15) is 0 Å². The minimum atomic E-state index is -0.819. The summed E-state index contributed by atoms with van der Waals surface area (Å²) >= 11 is 3.45. The first-order valence-electron chi connectivity index (χ1n) is 7.10. The Morgan fingerprint density at radius 3 is 2.71 bits per heavy atom. The first kappa shape index (κ1) is 14.6. The Hall–Kier alpha value is -1.30. The predicted molar refractivity (Wildman–Crippen MR) is 84.6 cm³/mol. The minimum Gasteiger partial charge on any atom is -0.465 e. The molecule has 0 radical (unpaired) electrons. The maximum Gasteiger partial charge on any atom is 0.407 e. The molecule has 6 heteroatoms. The third-order valence-electron chi connectivity index (χ3n) is 5.12. The fraction of sp³-hybridized carbons (Fsp3) is 0.600. The summed E-state index contributed by atoms with van der Waals surface area (Å²) < 4.78 is 0.946. The van der Waals surface area contributed by atoms with Crippen LogP contribution in [-0.2, 0) is 0 Å². The van der Waals surface area contributed by atoms with Crippen molar-refractivity contribution in [3.05, 3.63) is 22.9 Å². The van der Waals surface area contributed by atoms with Crippen molar-refractivity contribution < 1.29 is 9.90 Å². The molecule has 1 aromatic heterocycles. The second kappa shape index (κ2) is 4.60. The van der Waals surface area contributed by atoms with Crippen molar-refractivity contribution in [3.8, 4) is 0 Å². The lowest BCUT2D eigenvalue weighted by Crippen LogP contribution is -2.69. The summed E-state index contributed by atoms with van der Waals surface area (Å²) in [5, 5.41) is 9.35. The molecule has 1 N–H and O–H groups in total. The van der Waals surface area contributed by atoms with Gasteiger partial charge in [0.05, 0.1) is 17.9 Å². The zero-order chi connectivity index (χ0) is 15.4. The molecule has 0 unspecified atom stereocenters. The third kappa shape index (κ3) is 2.11. The van der Waals surface area contributed by atoms with Crippen molar-refractivity contribution in [3.63, 3.8) is 0 Å². The smallest absolute Gasteiger partial charge is 0.407 e. The zero-order valence-electron chi connectivity index (χ0n) is 12.5. The number of carbonyl (C=O) groups is 1. The first-order valence-corrected chi connectivity index (χ1v) is 7.89. The molecule has 0 aliphatic carbocycles. The number of pyridine rings is 1. The van der Waals surface area contributed by atoms with Crippen LogP contribution in [0.15, 0.2) is 22.9 Å². The van der Waals surface area contributed by atoms with Crippen LogP contribution in [0.25, 0.3) is 0 Å². The number of halogens is 1. The molecule has 0 spiro atoms. The average Bonchev–Trinajstić information content (AvgIpc) is 2.64. The van der Waals surface area contributed by atoms with E-state index in [1.54, 1.807) is 11.1 Å². The van der Waals surface area contributed by atoms with Gasteiger partial charge >= 0.3 is 6.09 Å². The molecule has 2 saturated heterocycles. The van der Waals surface area contributed by atoms with Crippen LogP contribution >= 0.6 is 15.9 Å². The Kier molecular flexibility index (Phi) is 3.20. The fourth-order valence-corrected chi connectivity index (χ4v) is 4.05. The molecule has 2 aliphatic heterocycles. The van der Waals surface area contributed by atoms with Crippen LogP contribution < -0.4 is 4.90 Å². The van der Waals surface area contributed by atoms with Gasteiger partial charge in [-0.25, -0.2) is 4.79 Å². The maximum atomic E-state index is 11.4. The van der Waals surface area contributed by atoms with Crippen LogP contribution in [0, 0.1) is 10.8 Å². The van der Waals surface area contributed by atoms with Gasteiger partial charge in [0.15, 0.2) is 0 Å². The van der Waals surface area contributed by atoms with Crippen molar-refractivity contribution in [1.82, 2.24) is 9.88 Å². The molecule has 2 aliphatic rings. The van der Waals surface area contributed by atoms with Crippen LogP contribution in [0.3, 0.4) is 0 Å². The van der Waals surface area contributed by atoms with E-state index in [0.29, 0.717) is 13.1 Å². The summed E-state index contributed by atoms with van der Waals surface area (Å²) in [6.45, 7) is 8.70. The van der Waals surface area contributed by atoms with Crippen molar-refractivity contribution >= 4 is 27.7 Å². The molecule has 0 aromatic carbocycles. The highest BCUT2D eigenvalue weighted by Crippen LogP contribution is 2.56. The van der Waals surface area contributed by atoms with E-state index in [2.05, 4.69) is 46.6 Å². The Balaban J connectivity index is 1.92. The van der Waals surface area contributed by atoms with Crippen LogP contribution in [-0.4, -0.2) is 46.8 Å². The van der Waals surface area contributed by atoms with Gasteiger partial charge in [0.25, 0.3) is 0 Å². The molecular weight excluding hydrogens is 334 g/mol. The molecule has 2 fully saturated rings. The van der Waals surface area contributed by atoms with E-state index in [0.717, 1.165) is 16.7 Å². The number of carboxylic acid groups (broad SMARTS) is 1. The largest absolute Gasteiger partial charge is 0.465 e. The van der Waals surface area contributed by atoms with Gasteiger partial charge in [0, 0.05) is 35.7 Å². The van der Waals surface area contributed by atoms with Crippen LogP contribution in [0.5, 0.6) is 0 Å². The SMILES string of the molecule is CC(C)(C)[C@@]12CN(C(=O)O)C[C@@H]1N(c1cncc(Br)c1)C2. The Morgan fingerprint density at radius 1 is 1.43 bits per heavy atom. The number of aromatic nitrogens is 1. The lowest BCUT2D eigenvalue weighted by atomic mass is 9.58. The number of hydrogen-bond acceptors (Lipinski definition) is 3.